The number of aryl methyl sites for hydroxylation is 3. The lowest BCUT2D eigenvalue weighted by Gasteiger charge is -2.22. The summed E-state index contributed by atoms with van der Waals surface area (Å²) >= 11 is 3.49. The smallest absolute Gasteiger partial charge is 0.262 e. The molecule has 3 heterocycles. The molecule has 1 aromatic carbocycles. The molecule has 1 atom stereocenters. The van der Waals surface area contributed by atoms with E-state index in [1.165, 1.54) is 16.9 Å². The van der Waals surface area contributed by atoms with Crippen LogP contribution < -0.4 is 10.5 Å². The van der Waals surface area contributed by atoms with E-state index in [9.17, 15) is 9.59 Å². The van der Waals surface area contributed by atoms with E-state index in [0.717, 1.165) is 46.5 Å². The molecule has 5 rings (SSSR count). The summed E-state index contributed by atoms with van der Waals surface area (Å²) in [6.45, 7) is 3.29. The lowest BCUT2D eigenvalue weighted by Crippen LogP contribution is -2.34. The molecule has 1 amide bonds. The number of benzene rings is 1. The van der Waals surface area contributed by atoms with Gasteiger partial charge in [-0.2, -0.15) is 0 Å². The predicted octanol–water partition coefficient (Wildman–Crippen LogP) is 4.64. The van der Waals surface area contributed by atoms with E-state index in [1.54, 1.807) is 22.2 Å². The van der Waals surface area contributed by atoms with Crippen LogP contribution in [0.4, 0.5) is 5.69 Å². The first-order valence-corrected chi connectivity index (χ1v) is 12.4. The van der Waals surface area contributed by atoms with Crippen LogP contribution in [0.5, 0.6) is 0 Å². The van der Waals surface area contributed by atoms with Crippen molar-refractivity contribution in [2.45, 2.75) is 62.1 Å². The third-order valence-corrected chi connectivity index (χ3v) is 8.49. The van der Waals surface area contributed by atoms with Gasteiger partial charge in [0.15, 0.2) is 0 Å². The Morgan fingerprint density at radius 1 is 1.23 bits per heavy atom. The Labute approximate surface area is 184 Å². The summed E-state index contributed by atoms with van der Waals surface area (Å²) in [6.07, 6.45) is 7.22. The summed E-state index contributed by atoms with van der Waals surface area (Å²) in [6, 6.07) is 8.12. The number of amides is 1. The highest BCUT2D eigenvalue weighted by atomic mass is 32.2. The minimum absolute atomic E-state index is 0.00708. The van der Waals surface area contributed by atoms with Gasteiger partial charge in [-0.15, -0.1) is 23.1 Å². The van der Waals surface area contributed by atoms with Crippen LogP contribution >= 0.6 is 23.1 Å². The van der Waals surface area contributed by atoms with Crippen LogP contribution in [-0.4, -0.2) is 27.3 Å². The topological polar surface area (TPSA) is 55.2 Å². The molecule has 156 valence electrons. The van der Waals surface area contributed by atoms with E-state index in [1.807, 2.05) is 34.9 Å². The largest absolute Gasteiger partial charge is 0.311 e. The van der Waals surface area contributed by atoms with Crippen molar-refractivity contribution in [2.24, 2.45) is 0 Å². The molecule has 1 aliphatic carbocycles. The van der Waals surface area contributed by atoms with E-state index in [-0.39, 0.29) is 11.5 Å². The SMILES string of the molecule is CC1CCN(C(=O)CCn2cnc3sc4c(c3c2=O)CCCC4)c2ccccc2S1. The first kappa shape index (κ1) is 19.8. The van der Waals surface area contributed by atoms with Gasteiger partial charge in [0, 0.05) is 34.5 Å². The average Bonchev–Trinajstić information content (AvgIpc) is 3.04. The Bertz CT molecular complexity index is 1170. The highest BCUT2D eigenvalue weighted by molar-refractivity contribution is 8.00. The number of carbonyl (C=O) groups excluding carboxylic acids is 1. The molecule has 0 radical (unpaired) electrons. The molecule has 0 fully saturated rings. The molecule has 1 unspecified atom stereocenters. The summed E-state index contributed by atoms with van der Waals surface area (Å²) < 4.78 is 1.63. The summed E-state index contributed by atoms with van der Waals surface area (Å²) in [5.41, 5.74) is 2.20. The molecule has 5 nitrogen and oxygen atoms in total. The third kappa shape index (κ3) is 3.58. The van der Waals surface area contributed by atoms with E-state index in [2.05, 4.69) is 18.0 Å². The molecule has 2 aromatic heterocycles. The molecule has 0 bridgehead atoms. The minimum atomic E-state index is 0.00708. The number of aromatic nitrogens is 2. The second-order valence-electron chi connectivity index (χ2n) is 8.11. The second kappa shape index (κ2) is 8.19. The van der Waals surface area contributed by atoms with Gasteiger partial charge < -0.3 is 4.90 Å². The third-order valence-electron chi connectivity index (χ3n) is 6.05. The summed E-state index contributed by atoms with van der Waals surface area (Å²) in [4.78, 5) is 36.1. The van der Waals surface area contributed by atoms with E-state index >= 15 is 0 Å². The van der Waals surface area contributed by atoms with Crippen molar-refractivity contribution >= 4 is 44.9 Å². The van der Waals surface area contributed by atoms with Crippen LogP contribution in [0.25, 0.3) is 10.2 Å². The molecule has 2 aliphatic rings. The minimum Gasteiger partial charge on any atom is -0.311 e. The lowest BCUT2D eigenvalue weighted by molar-refractivity contribution is -0.118. The Morgan fingerprint density at radius 3 is 2.97 bits per heavy atom. The van der Waals surface area contributed by atoms with Gasteiger partial charge in [-0.25, -0.2) is 4.98 Å². The van der Waals surface area contributed by atoms with Crippen LogP contribution in [0.1, 0.15) is 43.0 Å². The molecular weight excluding hydrogens is 414 g/mol. The first-order valence-electron chi connectivity index (χ1n) is 10.7. The van der Waals surface area contributed by atoms with Crippen LogP contribution in [-0.2, 0) is 24.2 Å². The maximum absolute atomic E-state index is 13.1. The number of thioether (sulfide) groups is 1. The molecule has 0 saturated carbocycles. The van der Waals surface area contributed by atoms with Crippen molar-refractivity contribution < 1.29 is 4.79 Å². The van der Waals surface area contributed by atoms with Gasteiger partial charge in [0.1, 0.15) is 4.83 Å². The highest BCUT2D eigenvalue weighted by Crippen LogP contribution is 2.37. The fourth-order valence-corrected chi connectivity index (χ4v) is 6.77. The monoisotopic (exact) mass is 439 g/mol. The quantitative estimate of drug-likeness (QED) is 0.596. The maximum atomic E-state index is 13.1. The fourth-order valence-electron chi connectivity index (χ4n) is 4.44. The molecule has 7 heteroatoms. The number of hydrogen-bond acceptors (Lipinski definition) is 5. The van der Waals surface area contributed by atoms with E-state index in [0.29, 0.717) is 24.8 Å². The number of fused-ring (bicyclic) bond motifs is 4. The van der Waals surface area contributed by atoms with Crippen LogP contribution in [0.15, 0.2) is 40.3 Å². The summed E-state index contributed by atoms with van der Waals surface area (Å²) in [5, 5.41) is 1.26. The highest BCUT2D eigenvalue weighted by Gasteiger charge is 2.24. The molecule has 1 aliphatic heterocycles. The standard InChI is InChI=1S/C23H25N3O2S2/c1-15-10-13-26(17-7-3-5-9-19(17)29-15)20(27)11-12-25-14-24-22-21(23(25)28)16-6-2-4-8-18(16)30-22/h3,5,7,9,14-15H,2,4,6,8,10-13H2,1H3. The van der Waals surface area contributed by atoms with Crippen molar-refractivity contribution in [3.63, 3.8) is 0 Å². The zero-order valence-corrected chi connectivity index (χ0v) is 18.7. The lowest BCUT2D eigenvalue weighted by atomic mass is 9.97. The van der Waals surface area contributed by atoms with Gasteiger partial charge in [-0.1, -0.05) is 19.1 Å². The van der Waals surface area contributed by atoms with Crippen molar-refractivity contribution in [3.8, 4) is 0 Å². The van der Waals surface area contributed by atoms with Crippen molar-refractivity contribution in [3.05, 3.63) is 51.4 Å². The van der Waals surface area contributed by atoms with Crippen molar-refractivity contribution in [2.75, 3.05) is 11.4 Å². The zero-order valence-electron chi connectivity index (χ0n) is 17.1. The number of hydrogen-bond donors (Lipinski definition) is 0. The van der Waals surface area contributed by atoms with Gasteiger partial charge in [0.25, 0.3) is 5.56 Å². The van der Waals surface area contributed by atoms with Gasteiger partial charge in [0.05, 0.1) is 17.4 Å². The summed E-state index contributed by atoms with van der Waals surface area (Å²) in [7, 11) is 0. The molecule has 30 heavy (non-hydrogen) atoms. The molecule has 0 saturated heterocycles. The molecule has 3 aromatic rings. The Kier molecular flexibility index (Phi) is 5.41. The van der Waals surface area contributed by atoms with Gasteiger partial charge in [-0.3, -0.25) is 14.2 Å². The van der Waals surface area contributed by atoms with E-state index in [4.69, 9.17) is 0 Å². The van der Waals surface area contributed by atoms with Crippen LogP contribution in [0.2, 0.25) is 0 Å². The number of thiophene rings is 1. The number of rotatable bonds is 3. The van der Waals surface area contributed by atoms with Crippen LogP contribution in [0, 0.1) is 0 Å². The zero-order chi connectivity index (χ0) is 20.7. The molecule has 0 N–H and O–H groups in total. The fraction of sp³-hybridized carbons (Fsp3) is 0.435. The first-order chi connectivity index (χ1) is 14.6. The Balaban J connectivity index is 1.39. The number of nitrogens with zero attached hydrogens (tertiary/aromatic N) is 3. The normalized spacial score (nSPS) is 18.7. The second-order valence-corrected chi connectivity index (χ2v) is 10.7. The number of para-hydroxylation sites is 1. The predicted molar refractivity (Wildman–Crippen MR) is 124 cm³/mol. The number of carbonyl (C=O) groups is 1. The Morgan fingerprint density at radius 2 is 2.07 bits per heavy atom. The van der Waals surface area contributed by atoms with Gasteiger partial charge in [-0.05, 0) is 49.8 Å². The maximum Gasteiger partial charge on any atom is 0.262 e. The van der Waals surface area contributed by atoms with Gasteiger partial charge >= 0.3 is 0 Å². The Hall–Kier alpha value is -2.12. The van der Waals surface area contributed by atoms with E-state index < -0.39 is 0 Å². The molecule has 0 spiro atoms. The summed E-state index contributed by atoms with van der Waals surface area (Å²) in [5.74, 6) is 0.0662. The number of anilines is 1. The molecular formula is C23H25N3O2S2. The van der Waals surface area contributed by atoms with Crippen LogP contribution in [0.3, 0.4) is 0 Å². The van der Waals surface area contributed by atoms with Gasteiger partial charge in [0.2, 0.25) is 5.91 Å². The average molecular weight is 440 g/mol. The van der Waals surface area contributed by atoms with Crippen molar-refractivity contribution in [1.82, 2.24) is 9.55 Å². The van der Waals surface area contributed by atoms with Crippen molar-refractivity contribution in [1.29, 1.82) is 0 Å².